The van der Waals surface area contributed by atoms with Crippen molar-refractivity contribution >= 4 is 17.6 Å². The molecule has 2 aromatic rings. The van der Waals surface area contributed by atoms with Crippen molar-refractivity contribution in [2.24, 2.45) is 4.99 Å². The molecule has 1 aliphatic rings. The third kappa shape index (κ3) is 4.58. The molecule has 146 valence electrons. The van der Waals surface area contributed by atoms with Crippen LogP contribution >= 0.6 is 11.6 Å². The van der Waals surface area contributed by atoms with E-state index in [1.165, 1.54) is 6.07 Å². The van der Waals surface area contributed by atoms with Crippen LogP contribution in [0.5, 0.6) is 0 Å². The van der Waals surface area contributed by atoms with Crippen molar-refractivity contribution in [1.82, 2.24) is 25.4 Å². The van der Waals surface area contributed by atoms with Gasteiger partial charge in [-0.3, -0.25) is 4.99 Å². The van der Waals surface area contributed by atoms with Gasteiger partial charge in [-0.25, -0.2) is 14.1 Å². The summed E-state index contributed by atoms with van der Waals surface area (Å²) in [5.41, 5.74) is -0.0349. The van der Waals surface area contributed by atoms with Gasteiger partial charge in [0.05, 0.1) is 13.1 Å². The zero-order valence-corrected chi connectivity index (χ0v) is 16.7. The molecule has 1 aromatic heterocycles. The van der Waals surface area contributed by atoms with Crippen LogP contribution in [0.3, 0.4) is 0 Å². The molecule has 1 unspecified atom stereocenters. The van der Waals surface area contributed by atoms with Gasteiger partial charge in [-0.15, -0.1) is 0 Å². The van der Waals surface area contributed by atoms with E-state index >= 15 is 0 Å². The molecule has 0 saturated carbocycles. The zero-order chi connectivity index (χ0) is 19.4. The van der Waals surface area contributed by atoms with E-state index in [1.54, 1.807) is 18.5 Å². The maximum absolute atomic E-state index is 14.3. The molecule has 0 bridgehead atoms. The summed E-state index contributed by atoms with van der Waals surface area (Å²) in [6.45, 7) is 7.83. The Morgan fingerprint density at radius 1 is 1.44 bits per heavy atom. The highest BCUT2D eigenvalue weighted by Crippen LogP contribution is 2.32. The molecule has 0 aliphatic carbocycles. The van der Waals surface area contributed by atoms with E-state index in [1.807, 2.05) is 25.5 Å². The van der Waals surface area contributed by atoms with Gasteiger partial charge < -0.3 is 10.6 Å². The van der Waals surface area contributed by atoms with Crippen LogP contribution in [0.1, 0.15) is 38.6 Å². The molecule has 1 aliphatic heterocycles. The number of halogens is 2. The SMILES string of the molecule is CCNC(=NCC(C)(C)c1c(F)cccc1Cl)NC1CCc2ncnn2C1. The summed E-state index contributed by atoms with van der Waals surface area (Å²) < 4.78 is 16.2. The highest BCUT2D eigenvalue weighted by Gasteiger charge is 2.27. The van der Waals surface area contributed by atoms with Crippen LogP contribution < -0.4 is 10.6 Å². The minimum atomic E-state index is -0.531. The lowest BCUT2D eigenvalue weighted by Crippen LogP contribution is -2.47. The first-order valence-corrected chi connectivity index (χ1v) is 9.64. The summed E-state index contributed by atoms with van der Waals surface area (Å²) in [5, 5.41) is 11.4. The monoisotopic (exact) mass is 392 g/mol. The smallest absolute Gasteiger partial charge is 0.191 e. The fourth-order valence-corrected chi connectivity index (χ4v) is 3.79. The first-order chi connectivity index (χ1) is 12.9. The first kappa shape index (κ1) is 19.6. The van der Waals surface area contributed by atoms with Gasteiger partial charge in [0.2, 0.25) is 0 Å². The summed E-state index contributed by atoms with van der Waals surface area (Å²) in [6.07, 6.45) is 3.44. The summed E-state index contributed by atoms with van der Waals surface area (Å²) in [7, 11) is 0. The van der Waals surface area contributed by atoms with Crippen molar-refractivity contribution < 1.29 is 4.39 Å². The molecule has 0 saturated heterocycles. The lowest BCUT2D eigenvalue weighted by atomic mass is 9.84. The summed E-state index contributed by atoms with van der Waals surface area (Å²) >= 11 is 6.25. The molecule has 0 amide bonds. The predicted molar refractivity (Wildman–Crippen MR) is 106 cm³/mol. The molecule has 2 N–H and O–H groups in total. The molecule has 1 atom stereocenters. The van der Waals surface area contributed by atoms with Crippen LogP contribution in [0.25, 0.3) is 0 Å². The van der Waals surface area contributed by atoms with Gasteiger partial charge in [0, 0.05) is 35.0 Å². The van der Waals surface area contributed by atoms with Gasteiger partial charge in [-0.05, 0) is 25.5 Å². The molecule has 3 rings (SSSR count). The Balaban J connectivity index is 1.72. The number of benzene rings is 1. The Kier molecular flexibility index (Phi) is 5.99. The molecule has 1 aromatic carbocycles. The van der Waals surface area contributed by atoms with E-state index in [0.717, 1.165) is 31.8 Å². The second-order valence-electron chi connectivity index (χ2n) is 7.41. The van der Waals surface area contributed by atoms with E-state index in [0.29, 0.717) is 23.1 Å². The molecule has 0 fully saturated rings. The van der Waals surface area contributed by atoms with Crippen molar-refractivity contribution in [1.29, 1.82) is 0 Å². The quantitative estimate of drug-likeness (QED) is 0.606. The normalized spacial score (nSPS) is 17.5. The number of aliphatic imine (C=N–C) groups is 1. The molecule has 8 heteroatoms. The zero-order valence-electron chi connectivity index (χ0n) is 16.0. The number of aromatic nitrogens is 3. The number of fused-ring (bicyclic) bond motifs is 1. The summed E-state index contributed by atoms with van der Waals surface area (Å²) in [4.78, 5) is 8.96. The largest absolute Gasteiger partial charge is 0.357 e. The molecule has 2 heterocycles. The number of guanidine groups is 1. The summed E-state index contributed by atoms with van der Waals surface area (Å²) in [6, 6.07) is 4.99. The minimum absolute atomic E-state index is 0.220. The summed E-state index contributed by atoms with van der Waals surface area (Å²) in [5.74, 6) is 1.43. The Bertz CT molecular complexity index is 796. The maximum Gasteiger partial charge on any atom is 0.191 e. The molecule has 0 spiro atoms. The third-order valence-corrected chi connectivity index (χ3v) is 5.08. The molecular formula is C19H26ClFN6. The highest BCUT2D eigenvalue weighted by molar-refractivity contribution is 6.31. The number of aryl methyl sites for hydroxylation is 1. The Morgan fingerprint density at radius 2 is 2.26 bits per heavy atom. The topological polar surface area (TPSA) is 67.1 Å². The van der Waals surface area contributed by atoms with Gasteiger partial charge in [-0.2, -0.15) is 5.10 Å². The van der Waals surface area contributed by atoms with Crippen LogP contribution in [0.4, 0.5) is 4.39 Å². The Morgan fingerprint density at radius 3 is 3.00 bits per heavy atom. The standard InChI is InChI=1S/C19H26ClFN6/c1-4-22-18(26-13-8-9-16-24-12-25-27(16)10-13)23-11-19(2,3)17-14(20)6-5-7-15(17)21/h5-7,12-13H,4,8-11H2,1-3H3,(H2,22,23,26). The molecular weight excluding hydrogens is 367 g/mol. The van der Waals surface area contributed by atoms with E-state index in [4.69, 9.17) is 16.6 Å². The van der Waals surface area contributed by atoms with E-state index in [-0.39, 0.29) is 11.9 Å². The van der Waals surface area contributed by atoms with Crippen LogP contribution in [0.15, 0.2) is 29.5 Å². The van der Waals surface area contributed by atoms with Crippen LogP contribution in [-0.2, 0) is 18.4 Å². The molecule has 27 heavy (non-hydrogen) atoms. The number of hydrogen-bond acceptors (Lipinski definition) is 3. The van der Waals surface area contributed by atoms with Gasteiger partial charge in [0.1, 0.15) is 18.0 Å². The third-order valence-electron chi connectivity index (χ3n) is 4.76. The lowest BCUT2D eigenvalue weighted by molar-refractivity contribution is 0.392. The number of nitrogens with one attached hydrogen (secondary N) is 2. The van der Waals surface area contributed by atoms with Crippen LogP contribution in [-0.4, -0.2) is 39.9 Å². The number of hydrogen-bond donors (Lipinski definition) is 2. The molecule has 6 nitrogen and oxygen atoms in total. The second kappa shape index (κ2) is 8.25. The second-order valence-corrected chi connectivity index (χ2v) is 7.82. The first-order valence-electron chi connectivity index (χ1n) is 9.26. The van der Waals surface area contributed by atoms with Gasteiger partial charge >= 0.3 is 0 Å². The van der Waals surface area contributed by atoms with Gasteiger partial charge in [0.15, 0.2) is 5.96 Å². The van der Waals surface area contributed by atoms with Crippen molar-refractivity contribution in [2.45, 2.75) is 51.6 Å². The average Bonchev–Trinajstić information content (AvgIpc) is 3.07. The fraction of sp³-hybridized carbons (Fsp3) is 0.526. The van der Waals surface area contributed by atoms with Crippen molar-refractivity contribution in [3.05, 3.63) is 46.8 Å². The van der Waals surface area contributed by atoms with E-state index in [2.05, 4.69) is 20.7 Å². The van der Waals surface area contributed by atoms with Crippen molar-refractivity contribution in [2.75, 3.05) is 13.1 Å². The number of rotatable bonds is 5. The average molecular weight is 393 g/mol. The fourth-order valence-electron chi connectivity index (χ4n) is 3.37. The van der Waals surface area contributed by atoms with Crippen LogP contribution in [0.2, 0.25) is 5.02 Å². The van der Waals surface area contributed by atoms with Crippen LogP contribution in [0, 0.1) is 5.82 Å². The molecule has 0 radical (unpaired) electrons. The van der Waals surface area contributed by atoms with Crippen molar-refractivity contribution in [3.63, 3.8) is 0 Å². The van der Waals surface area contributed by atoms with E-state index in [9.17, 15) is 4.39 Å². The lowest BCUT2D eigenvalue weighted by Gasteiger charge is -2.28. The predicted octanol–water partition coefficient (Wildman–Crippen LogP) is 2.92. The highest BCUT2D eigenvalue weighted by atomic mass is 35.5. The van der Waals surface area contributed by atoms with E-state index < -0.39 is 5.41 Å². The van der Waals surface area contributed by atoms with Gasteiger partial charge in [0.25, 0.3) is 0 Å². The Labute approximate surface area is 164 Å². The maximum atomic E-state index is 14.3. The van der Waals surface area contributed by atoms with Gasteiger partial charge in [-0.1, -0.05) is 31.5 Å². The Hall–Kier alpha value is -2.15. The number of nitrogens with zero attached hydrogens (tertiary/aromatic N) is 4. The minimum Gasteiger partial charge on any atom is -0.357 e. The van der Waals surface area contributed by atoms with Crippen molar-refractivity contribution in [3.8, 4) is 0 Å².